The van der Waals surface area contributed by atoms with Gasteiger partial charge in [0, 0.05) is 36.5 Å². The van der Waals surface area contributed by atoms with Gasteiger partial charge in [-0.3, -0.25) is 19.8 Å². The molecule has 3 aromatic carbocycles. The van der Waals surface area contributed by atoms with Crippen LogP contribution in [0.25, 0.3) is 16.6 Å². The highest BCUT2D eigenvalue weighted by atomic mass is 19.1. The predicted molar refractivity (Wildman–Crippen MR) is 191 cm³/mol. The number of nitrogens with zero attached hydrogens (tertiary/aromatic N) is 4. The molecular formula is C38H40FN5O6. The number of methoxy groups -OCH3 is 1. The third-order valence-electron chi connectivity index (χ3n) is 9.00. The number of rotatable bonds is 11. The molecule has 0 saturated carbocycles. The fourth-order valence-electron chi connectivity index (χ4n) is 6.18. The van der Waals surface area contributed by atoms with E-state index in [4.69, 9.17) is 14.2 Å². The van der Waals surface area contributed by atoms with Gasteiger partial charge in [0.1, 0.15) is 11.3 Å². The van der Waals surface area contributed by atoms with E-state index >= 15 is 4.39 Å². The van der Waals surface area contributed by atoms with Crippen molar-refractivity contribution in [3.05, 3.63) is 104 Å². The fraction of sp³-hybridized carbons (Fsp3) is 0.316. The first-order valence-electron chi connectivity index (χ1n) is 16.6. The van der Waals surface area contributed by atoms with Gasteiger partial charge in [-0.05, 0) is 87.5 Å². The number of aliphatic imine (C=N–C) groups is 1. The molecule has 0 radical (unpaired) electrons. The van der Waals surface area contributed by atoms with Crippen LogP contribution in [0.3, 0.4) is 0 Å². The van der Waals surface area contributed by atoms with E-state index in [2.05, 4.69) is 26.8 Å². The van der Waals surface area contributed by atoms with Crippen LogP contribution in [0.2, 0.25) is 0 Å². The van der Waals surface area contributed by atoms with Crippen LogP contribution in [0.5, 0.6) is 28.9 Å². The molecule has 1 aliphatic heterocycles. The number of H-pyrrole nitrogens is 1. The van der Waals surface area contributed by atoms with Crippen molar-refractivity contribution in [2.24, 2.45) is 10.9 Å². The fourth-order valence-corrected chi connectivity index (χ4v) is 6.18. The first-order chi connectivity index (χ1) is 24.1. The maximum atomic E-state index is 15.4. The summed E-state index contributed by atoms with van der Waals surface area (Å²) in [6.45, 7) is 9.65. The molecule has 2 N–H and O–H groups in total. The predicted octanol–water partition coefficient (Wildman–Crippen LogP) is 6.59. The van der Waals surface area contributed by atoms with Gasteiger partial charge in [-0.25, -0.2) is 13.8 Å². The average Bonchev–Trinajstić information content (AvgIpc) is 3.09. The van der Waals surface area contributed by atoms with Gasteiger partial charge in [0.15, 0.2) is 23.1 Å². The van der Waals surface area contributed by atoms with Crippen LogP contribution in [0.15, 0.2) is 75.4 Å². The molecule has 0 unspecified atom stereocenters. The lowest BCUT2D eigenvalue weighted by Gasteiger charge is -2.30. The van der Waals surface area contributed by atoms with Crippen molar-refractivity contribution >= 4 is 22.8 Å². The quantitative estimate of drug-likeness (QED) is 0.118. The molecule has 11 nitrogen and oxygen atoms in total. The zero-order chi connectivity index (χ0) is 35.4. The van der Waals surface area contributed by atoms with Crippen LogP contribution in [0.1, 0.15) is 42.9 Å². The smallest absolute Gasteiger partial charge is 0.335 e. The van der Waals surface area contributed by atoms with Crippen molar-refractivity contribution in [3.8, 4) is 34.6 Å². The Morgan fingerprint density at radius 3 is 2.50 bits per heavy atom. The highest BCUT2D eigenvalue weighted by Crippen LogP contribution is 2.38. The molecule has 1 saturated heterocycles. The molecule has 50 heavy (non-hydrogen) atoms. The molecule has 3 heterocycles. The number of aromatic nitrogens is 3. The van der Waals surface area contributed by atoms with Crippen molar-refractivity contribution < 1.29 is 23.7 Å². The number of pyridine rings is 1. The van der Waals surface area contributed by atoms with E-state index in [9.17, 15) is 14.7 Å². The monoisotopic (exact) mass is 681 g/mol. The molecule has 12 heteroatoms. The Morgan fingerprint density at radius 1 is 1.02 bits per heavy atom. The Kier molecular flexibility index (Phi) is 10.3. The highest BCUT2D eigenvalue weighted by Gasteiger charge is 2.19. The number of piperidine rings is 1. The molecule has 0 aliphatic carbocycles. The number of aromatic hydroxyl groups is 1. The first-order valence-corrected chi connectivity index (χ1v) is 16.6. The molecule has 2 aromatic heterocycles. The maximum absolute atomic E-state index is 15.4. The molecular weight excluding hydrogens is 641 g/mol. The number of para-hydroxylation sites is 1. The van der Waals surface area contributed by atoms with E-state index in [1.807, 2.05) is 6.07 Å². The van der Waals surface area contributed by atoms with Gasteiger partial charge in [-0.15, -0.1) is 0 Å². The largest absolute Gasteiger partial charge is 0.493 e. The number of benzene rings is 3. The minimum atomic E-state index is -0.833. The lowest BCUT2D eigenvalue weighted by molar-refractivity contribution is 0.176. The second kappa shape index (κ2) is 15.0. The van der Waals surface area contributed by atoms with E-state index < -0.39 is 22.9 Å². The summed E-state index contributed by atoms with van der Waals surface area (Å²) >= 11 is 0. The van der Waals surface area contributed by atoms with Crippen molar-refractivity contribution in [1.82, 2.24) is 19.4 Å². The molecule has 1 aliphatic rings. The SMILES string of the molecule is COc1cc2c(Oc3ccc(N=Cc4c(O)n(-c5c(C)cccc5C)c(=O)[nH]c4=O)cc3F)ccnc2cc1OCCCN1CCC(C)CC1. The Balaban J connectivity index is 1.18. The maximum Gasteiger partial charge on any atom is 0.335 e. The van der Waals surface area contributed by atoms with Gasteiger partial charge in [-0.1, -0.05) is 25.1 Å². The van der Waals surface area contributed by atoms with Gasteiger partial charge in [0.05, 0.1) is 30.6 Å². The molecule has 0 spiro atoms. The van der Waals surface area contributed by atoms with Gasteiger partial charge >= 0.3 is 5.69 Å². The van der Waals surface area contributed by atoms with E-state index in [1.54, 1.807) is 57.5 Å². The second-order valence-electron chi connectivity index (χ2n) is 12.6. The lowest BCUT2D eigenvalue weighted by atomic mass is 9.99. The number of nitrogens with one attached hydrogen (secondary N) is 1. The topological polar surface area (TPSA) is 131 Å². The van der Waals surface area contributed by atoms with Crippen molar-refractivity contribution in [2.75, 3.05) is 33.4 Å². The second-order valence-corrected chi connectivity index (χ2v) is 12.6. The zero-order valence-corrected chi connectivity index (χ0v) is 28.5. The van der Waals surface area contributed by atoms with Crippen LogP contribution in [-0.4, -0.2) is 64.1 Å². The number of hydrogen-bond acceptors (Lipinski definition) is 9. The summed E-state index contributed by atoms with van der Waals surface area (Å²) in [7, 11) is 1.56. The number of ether oxygens (including phenoxy) is 3. The van der Waals surface area contributed by atoms with Crippen molar-refractivity contribution in [1.29, 1.82) is 0 Å². The molecule has 0 amide bonds. The van der Waals surface area contributed by atoms with E-state index in [0.29, 0.717) is 40.4 Å². The normalized spacial score (nSPS) is 14.0. The van der Waals surface area contributed by atoms with E-state index in [-0.39, 0.29) is 17.0 Å². The lowest BCUT2D eigenvalue weighted by Crippen LogP contribution is -2.34. The summed E-state index contributed by atoms with van der Waals surface area (Å²) in [5.74, 6) is 0.879. The summed E-state index contributed by atoms with van der Waals surface area (Å²) in [5.41, 5.74) is 0.739. The Morgan fingerprint density at radius 2 is 1.78 bits per heavy atom. The number of fused-ring (bicyclic) bond motifs is 1. The third kappa shape index (κ3) is 7.40. The number of aromatic amines is 1. The zero-order valence-electron chi connectivity index (χ0n) is 28.5. The number of halogens is 1. The van der Waals surface area contributed by atoms with Crippen molar-refractivity contribution in [3.63, 3.8) is 0 Å². The van der Waals surface area contributed by atoms with Crippen LogP contribution < -0.4 is 25.5 Å². The van der Waals surface area contributed by atoms with Gasteiger partial charge in [0.25, 0.3) is 5.56 Å². The number of aryl methyl sites for hydroxylation is 2. The Hall–Kier alpha value is -5.49. The molecule has 0 bridgehead atoms. The Bertz CT molecular complexity index is 2150. The van der Waals surface area contributed by atoms with Crippen molar-refractivity contribution in [2.45, 2.75) is 40.0 Å². The van der Waals surface area contributed by atoms with E-state index in [0.717, 1.165) is 59.9 Å². The minimum Gasteiger partial charge on any atom is -0.493 e. The van der Waals surface area contributed by atoms with Gasteiger partial charge in [0.2, 0.25) is 5.88 Å². The van der Waals surface area contributed by atoms with Gasteiger partial charge in [-0.2, -0.15) is 0 Å². The summed E-state index contributed by atoms with van der Waals surface area (Å²) in [4.78, 5) is 38.7. The molecule has 260 valence electrons. The highest BCUT2D eigenvalue weighted by molar-refractivity contribution is 5.88. The minimum absolute atomic E-state index is 0.0629. The van der Waals surface area contributed by atoms with Crippen LogP contribution >= 0.6 is 0 Å². The van der Waals surface area contributed by atoms with Gasteiger partial charge < -0.3 is 24.2 Å². The van der Waals surface area contributed by atoms with E-state index in [1.165, 1.54) is 25.0 Å². The van der Waals surface area contributed by atoms with Crippen LogP contribution in [0.4, 0.5) is 10.1 Å². The molecule has 5 aromatic rings. The molecule has 6 rings (SSSR count). The van der Waals surface area contributed by atoms with Crippen LogP contribution in [-0.2, 0) is 0 Å². The summed E-state index contributed by atoms with van der Waals surface area (Å²) in [6.07, 6.45) is 6.02. The first kappa shape index (κ1) is 34.4. The molecule has 1 fully saturated rings. The van der Waals surface area contributed by atoms with Crippen LogP contribution in [0, 0.1) is 25.6 Å². The number of likely N-dealkylation sites (tertiary alicyclic amines) is 1. The standard InChI is InChI=1S/C38H40FN5O6/c1-23-12-16-43(17-13-23)15-6-18-49-34-21-30-27(20-33(34)48-4)31(11-14-40-30)50-32-10-9-26(19-29(32)39)41-22-28-36(45)42-38(47)44(37(28)46)35-24(2)7-5-8-25(35)3/h5,7-11,14,19-23,46H,6,12-13,15-18H2,1-4H3,(H,42,45,47). The summed E-state index contributed by atoms with van der Waals surface area (Å²) < 4.78 is 34.1. The third-order valence-corrected chi connectivity index (χ3v) is 9.00. The summed E-state index contributed by atoms with van der Waals surface area (Å²) in [5, 5.41) is 11.6. The average molecular weight is 682 g/mol. The summed E-state index contributed by atoms with van der Waals surface area (Å²) in [6, 6.07) is 14.6. The number of hydrogen-bond donors (Lipinski definition) is 2. The molecule has 0 atom stereocenters. The Labute approximate surface area is 288 Å².